The highest BCUT2D eigenvalue weighted by atomic mass is 35.5. The molecule has 0 spiro atoms. The first-order valence-corrected chi connectivity index (χ1v) is 7.30. The smallest absolute Gasteiger partial charge is 0.260 e. The van der Waals surface area contributed by atoms with Crippen molar-refractivity contribution in [2.24, 2.45) is 0 Å². The number of carbonyl (C=O) groups is 1. The summed E-state index contributed by atoms with van der Waals surface area (Å²) in [7, 11) is 1.79. The van der Waals surface area contributed by atoms with Crippen LogP contribution in [-0.4, -0.2) is 19.5 Å². The summed E-state index contributed by atoms with van der Waals surface area (Å²) in [4.78, 5) is 14.6. The van der Waals surface area contributed by atoms with Crippen LogP contribution in [0.1, 0.15) is 22.8 Å². The van der Waals surface area contributed by atoms with Gasteiger partial charge in [-0.25, -0.2) is 0 Å². The highest BCUT2D eigenvalue weighted by Crippen LogP contribution is 2.25. The molecule has 0 atom stereocenters. The van der Waals surface area contributed by atoms with Crippen molar-refractivity contribution in [1.29, 1.82) is 0 Å². The summed E-state index contributed by atoms with van der Waals surface area (Å²) < 4.78 is 0. The number of rotatable bonds is 4. The lowest BCUT2D eigenvalue weighted by atomic mass is 10.1. The molecule has 0 aliphatic heterocycles. The normalized spacial score (nSPS) is 10.3. The van der Waals surface area contributed by atoms with Crippen LogP contribution >= 0.6 is 11.6 Å². The lowest BCUT2D eigenvalue weighted by Gasteiger charge is -2.23. The molecule has 0 saturated carbocycles. The zero-order chi connectivity index (χ0) is 15.4. The second-order valence-corrected chi connectivity index (χ2v) is 5.26. The zero-order valence-electron chi connectivity index (χ0n) is 12.5. The van der Waals surface area contributed by atoms with Crippen molar-refractivity contribution in [3.8, 4) is 0 Å². The predicted octanol–water partition coefficient (Wildman–Crippen LogP) is 4.36. The van der Waals surface area contributed by atoms with E-state index in [4.69, 9.17) is 11.6 Å². The van der Waals surface area contributed by atoms with E-state index in [0.717, 1.165) is 16.9 Å². The molecule has 0 aliphatic carbocycles. The van der Waals surface area contributed by atoms with Gasteiger partial charge >= 0.3 is 0 Å². The molecule has 3 nitrogen and oxygen atoms in total. The summed E-state index contributed by atoms with van der Waals surface area (Å²) in [6.07, 6.45) is 0. The van der Waals surface area contributed by atoms with Crippen LogP contribution in [-0.2, 0) is 0 Å². The van der Waals surface area contributed by atoms with E-state index in [9.17, 15) is 4.79 Å². The molecule has 0 radical (unpaired) electrons. The Morgan fingerprint density at radius 2 is 2.00 bits per heavy atom. The van der Waals surface area contributed by atoms with Crippen molar-refractivity contribution in [2.45, 2.75) is 13.8 Å². The summed E-state index contributed by atoms with van der Waals surface area (Å²) in [5.74, 6) is -0.0602. The van der Waals surface area contributed by atoms with Gasteiger partial charge in [-0.2, -0.15) is 0 Å². The number of benzene rings is 2. The van der Waals surface area contributed by atoms with Gasteiger partial charge in [-0.3, -0.25) is 4.79 Å². The van der Waals surface area contributed by atoms with Crippen LogP contribution in [0.2, 0.25) is 5.02 Å². The molecule has 2 aromatic carbocycles. The van der Waals surface area contributed by atoms with Crippen LogP contribution in [0.5, 0.6) is 0 Å². The lowest BCUT2D eigenvalue weighted by molar-refractivity contribution is 0.0989. The van der Waals surface area contributed by atoms with Gasteiger partial charge in [-0.1, -0.05) is 23.7 Å². The van der Waals surface area contributed by atoms with Crippen molar-refractivity contribution in [3.05, 3.63) is 58.6 Å². The topological polar surface area (TPSA) is 32.3 Å². The average molecular weight is 303 g/mol. The minimum absolute atomic E-state index is 0.0602. The Morgan fingerprint density at radius 1 is 1.24 bits per heavy atom. The number of hydrogen-bond acceptors (Lipinski definition) is 2. The van der Waals surface area contributed by atoms with Gasteiger partial charge in [0.05, 0.1) is 5.56 Å². The Hall–Kier alpha value is -2.00. The van der Waals surface area contributed by atoms with Crippen LogP contribution in [0.15, 0.2) is 42.5 Å². The monoisotopic (exact) mass is 302 g/mol. The Bertz CT molecular complexity index is 655. The first kappa shape index (κ1) is 15.4. The number of aryl methyl sites for hydroxylation is 1. The Kier molecular flexibility index (Phi) is 4.86. The third-order valence-electron chi connectivity index (χ3n) is 3.36. The van der Waals surface area contributed by atoms with Crippen molar-refractivity contribution < 1.29 is 4.79 Å². The second-order valence-electron chi connectivity index (χ2n) is 4.83. The molecule has 1 amide bonds. The summed E-state index contributed by atoms with van der Waals surface area (Å²) in [5, 5.41) is 3.59. The fourth-order valence-corrected chi connectivity index (χ4v) is 2.47. The van der Waals surface area contributed by atoms with Gasteiger partial charge in [0.15, 0.2) is 0 Å². The Labute approximate surface area is 130 Å². The van der Waals surface area contributed by atoms with Crippen LogP contribution in [0.25, 0.3) is 0 Å². The summed E-state index contributed by atoms with van der Waals surface area (Å²) in [5.41, 5.74) is 3.37. The van der Waals surface area contributed by atoms with Gasteiger partial charge in [-0.05, 0) is 49.7 Å². The number of hydrogen-bond donors (Lipinski definition) is 1. The van der Waals surface area contributed by atoms with E-state index in [1.165, 1.54) is 0 Å². The van der Waals surface area contributed by atoms with Crippen molar-refractivity contribution in [2.75, 3.05) is 23.8 Å². The Balaban J connectivity index is 2.43. The van der Waals surface area contributed by atoms with Crippen LogP contribution in [0, 0.1) is 6.92 Å². The first-order valence-electron chi connectivity index (χ1n) is 6.92. The van der Waals surface area contributed by atoms with Crippen molar-refractivity contribution >= 4 is 28.9 Å². The SMILES string of the molecule is CCN(C(=O)c1cc(Cl)ccc1NC)c1cccc(C)c1. The molecule has 0 bridgehead atoms. The molecule has 0 fully saturated rings. The van der Waals surface area contributed by atoms with Gasteiger partial charge < -0.3 is 10.2 Å². The van der Waals surface area contributed by atoms with E-state index in [0.29, 0.717) is 17.1 Å². The number of nitrogens with one attached hydrogen (secondary N) is 1. The molecule has 0 aromatic heterocycles. The molecule has 0 aliphatic rings. The quantitative estimate of drug-likeness (QED) is 0.910. The second kappa shape index (κ2) is 6.64. The predicted molar refractivity (Wildman–Crippen MR) is 89.5 cm³/mol. The maximum absolute atomic E-state index is 12.8. The third-order valence-corrected chi connectivity index (χ3v) is 3.59. The van der Waals surface area contributed by atoms with E-state index in [-0.39, 0.29) is 5.91 Å². The number of nitrogens with zero attached hydrogens (tertiary/aromatic N) is 1. The number of amides is 1. The van der Waals surface area contributed by atoms with Crippen LogP contribution < -0.4 is 10.2 Å². The Morgan fingerprint density at radius 3 is 2.62 bits per heavy atom. The maximum atomic E-state index is 12.8. The highest BCUT2D eigenvalue weighted by Gasteiger charge is 2.19. The van der Waals surface area contributed by atoms with E-state index in [1.807, 2.05) is 44.2 Å². The molecular formula is C17H19ClN2O. The molecule has 2 aromatic rings. The summed E-state index contributed by atoms with van der Waals surface area (Å²) in [6, 6.07) is 13.2. The molecule has 110 valence electrons. The molecule has 0 saturated heterocycles. The van der Waals surface area contributed by atoms with E-state index in [2.05, 4.69) is 5.32 Å². The molecular weight excluding hydrogens is 284 g/mol. The standard InChI is InChI=1S/C17H19ClN2O/c1-4-20(14-7-5-6-12(2)10-14)17(21)15-11-13(18)8-9-16(15)19-3/h5-11,19H,4H2,1-3H3. The summed E-state index contributed by atoms with van der Waals surface area (Å²) in [6.45, 7) is 4.57. The van der Waals surface area contributed by atoms with Gasteiger partial charge in [0, 0.05) is 30.0 Å². The minimum atomic E-state index is -0.0602. The number of anilines is 2. The van der Waals surface area contributed by atoms with E-state index in [1.54, 1.807) is 24.1 Å². The van der Waals surface area contributed by atoms with E-state index < -0.39 is 0 Å². The molecule has 1 N–H and O–H groups in total. The fourth-order valence-electron chi connectivity index (χ4n) is 2.30. The van der Waals surface area contributed by atoms with E-state index >= 15 is 0 Å². The van der Waals surface area contributed by atoms with Gasteiger partial charge in [0.1, 0.15) is 0 Å². The maximum Gasteiger partial charge on any atom is 0.260 e. The largest absolute Gasteiger partial charge is 0.387 e. The zero-order valence-corrected chi connectivity index (χ0v) is 13.2. The summed E-state index contributed by atoms with van der Waals surface area (Å²) >= 11 is 6.04. The molecule has 21 heavy (non-hydrogen) atoms. The first-order chi connectivity index (χ1) is 10.1. The third kappa shape index (κ3) is 3.37. The van der Waals surface area contributed by atoms with Gasteiger partial charge in [-0.15, -0.1) is 0 Å². The lowest BCUT2D eigenvalue weighted by Crippen LogP contribution is -2.31. The van der Waals surface area contributed by atoms with Crippen LogP contribution in [0.3, 0.4) is 0 Å². The minimum Gasteiger partial charge on any atom is -0.387 e. The molecule has 0 unspecified atom stereocenters. The van der Waals surface area contributed by atoms with Gasteiger partial charge in [0.2, 0.25) is 0 Å². The number of halogens is 1. The number of carbonyl (C=O) groups excluding carboxylic acids is 1. The van der Waals surface area contributed by atoms with Crippen molar-refractivity contribution in [3.63, 3.8) is 0 Å². The van der Waals surface area contributed by atoms with Gasteiger partial charge in [0.25, 0.3) is 5.91 Å². The van der Waals surface area contributed by atoms with Crippen LogP contribution in [0.4, 0.5) is 11.4 Å². The fraction of sp³-hybridized carbons (Fsp3) is 0.235. The molecule has 2 rings (SSSR count). The highest BCUT2D eigenvalue weighted by molar-refractivity contribution is 6.31. The molecule has 0 heterocycles. The molecule has 4 heteroatoms. The average Bonchev–Trinajstić information content (AvgIpc) is 2.48. The van der Waals surface area contributed by atoms with Crippen molar-refractivity contribution in [1.82, 2.24) is 0 Å².